The third-order valence-corrected chi connectivity index (χ3v) is 4.65. The summed E-state index contributed by atoms with van der Waals surface area (Å²) in [6.07, 6.45) is 1.39. The maximum atomic E-state index is 12.4. The van der Waals surface area contributed by atoms with E-state index in [1.165, 1.54) is 19.3 Å². The molecule has 2 N–H and O–H groups in total. The van der Waals surface area contributed by atoms with Crippen LogP contribution in [-0.4, -0.2) is 25.5 Å². The Balaban J connectivity index is 1.74. The summed E-state index contributed by atoms with van der Waals surface area (Å²) in [7, 11) is 1.42. The molecule has 0 aliphatic rings. The van der Waals surface area contributed by atoms with Gasteiger partial charge in [0.15, 0.2) is 18.1 Å². The lowest BCUT2D eigenvalue weighted by Gasteiger charge is -2.13. The fourth-order valence-electron chi connectivity index (χ4n) is 2.85. The van der Waals surface area contributed by atoms with Crippen molar-refractivity contribution >= 4 is 40.9 Å². The van der Waals surface area contributed by atoms with E-state index in [1.807, 2.05) is 18.2 Å². The van der Waals surface area contributed by atoms with Crippen molar-refractivity contribution in [2.24, 2.45) is 0 Å². The standard InChI is InChI=1S/C25H20ClN3O4/c1-32-22-14-17(12-18(15-27)25(31)29-20-10-6-3-7-11-20)13-21(26)24(22)33-16-23(30)28-19-8-4-2-5-9-19/h2-14H,16H2,1H3,(H,28,30)(H,29,31)/b18-12+. The van der Waals surface area contributed by atoms with Crippen LogP contribution in [0.15, 0.2) is 78.4 Å². The van der Waals surface area contributed by atoms with Crippen LogP contribution in [0.1, 0.15) is 5.56 Å². The topological polar surface area (TPSA) is 100 Å². The molecule has 7 nitrogen and oxygen atoms in total. The van der Waals surface area contributed by atoms with Crippen molar-refractivity contribution < 1.29 is 19.1 Å². The number of rotatable bonds is 8. The number of nitriles is 1. The molecule has 0 aliphatic heterocycles. The third-order valence-electron chi connectivity index (χ3n) is 4.36. The monoisotopic (exact) mass is 461 g/mol. The molecule has 3 aromatic rings. The highest BCUT2D eigenvalue weighted by molar-refractivity contribution is 6.32. The summed E-state index contributed by atoms with van der Waals surface area (Å²) in [6.45, 7) is -0.289. The number of nitrogens with one attached hydrogen (secondary N) is 2. The van der Waals surface area contributed by atoms with Crippen LogP contribution < -0.4 is 20.1 Å². The van der Waals surface area contributed by atoms with Gasteiger partial charge in [0, 0.05) is 11.4 Å². The lowest BCUT2D eigenvalue weighted by Crippen LogP contribution is -2.20. The summed E-state index contributed by atoms with van der Waals surface area (Å²) < 4.78 is 10.9. The van der Waals surface area contributed by atoms with Crippen LogP contribution in [0.4, 0.5) is 11.4 Å². The Labute approximate surface area is 196 Å². The molecule has 0 unspecified atom stereocenters. The minimum atomic E-state index is -0.559. The van der Waals surface area contributed by atoms with Crippen LogP contribution in [0.5, 0.6) is 11.5 Å². The normalized spacial score (nSPS) is 10.6. The van der Waals surface area contributed by atoms with Gasteiger partial charge in [-0.2, -0.15) is 5.26 Å². The van der Waals surface area contributed by atoms with Gasteiger partial charge < -0.3 is 20.1 Å². The second-order valence-corrected chi connectivity index (χ2v) is 7.13. The molecule has 0 atom stereocenters. The molecule has 0 saturated carbocycles. The number of amides is 2. The zero-order chi connectivity index (χ0) is 23.6. The predicted octanol–water partition coefficient (Wildman–Crippen LogP) is 4.91. The quantitative estimate of drug-likeness (QED) is 0.366. The number of carbonyl (C=O) groups excluding carboxylic acids is 2. The van der Waals surface area contributed by atoms with E-state index >= 15 is 0 Å². The zero-order valence-electron chi connectivity index (χ0n) is 17.7. The smallest absolute Gasteiger partial charge is 0.266 e. The SMILES string of the molecule is COc1cc(/C=C(\C#N)C(=O)Nc2ccccc2)cc(Cl)c1OCC(=O)Nc1ccccc1. The number of methoxy groups -OCH3 is 1. The summed E-state index contributed by atoms with van der Waals surface area (Å²) in [6, 6.07) is 22.7. The van der Waals surface area contributed by atoms with E-state index in [2.05, 4.69) is 10.6 Å². The molecule has 0 spiro atoms. The van der Waals surface area contributed by atoms with Crippen molar-refractivity contribution in [3.63, 3.8) is 0 Å². The Kier molecular flexibility index (Phi) is 8.06. The lowest BCUT2D eigenvalue weighted by atomic mass is 10.1. The van der Waals surface area contributed by atoms with Crippen LogP contribution in [0.2, 0.25) is 5.02 Å². The fourth-order valence-corrected chi connectivity index (χ4v) is 3.13. The average molecular weight is 462 g/mol. The number of nitrogens with zero attached hydrogens (tertiary/aromatic N) is 1. The summed E-state index contributed by atoms with van der Waals surface area (Å²) in [5.74, 6) is -0.502. The largest absolute Gasteiger partial charge is 0.493 e. The number of benzene rings is 3. The molecule has 166 valence electrons. The first-order chi connectivity index (χ1) is 16.0. The van der Waals surface area contributed by atoms with Crippen LogP contribution in [-0.2, 0) is 9.59 Å². The Morgan fingerprint density at radius 2 is 1.61 bits per heavy atom. The van der Waals surface area contributed by atoms with E-state index in [4.69, 9.17) is 21.1 Å². The molecule has 2 amide bonds. The molecule has 0 heterocycles. The van der Waals surface area contributed by atoms with Gasteiger partial charge in [-0.3, -0.25) is 9.59 Å². The van der Waals surface area contributed by atoms with Crippen LogP contribution in [0.3, 0.4) is 0 Å². The van der Waals surface area contributed by atoms with Crippen molar-refractivity contribution in [3.05, 3.63) is 89.0 Å². The first-order valence-corrected chi connectivity index (χ1v) is 10.2. The zero-order valence-corrected chi connectivity index (χ0v) is 18.4. The lowest BCUT2D eigenvalue weighted by molar-refractivity contribution is -0.118. The first-order valence-electron chi connectivity index (χ1n) is 9.83. The number of halogens is 1. The minimum Gasteiger partial charge on any atom is -0.493 e. The molecule has 3 aromatic carbocycles. The number of carbonyl (C=O) groups is 2. The molecule has 0 aliphatic carbocycles. The van der Waals surface area contributed by atoms with E-state index in [0.717, 1.165) is 0 Å². The number of hydrogen-bond donors (Lipinski definition) is 2. The second-order valence-electron chi connectivity index (χ2n) is 6.73. The van der Waals surface area contributed by atoms with Crippen LogP contribution >= 0.6 is 11.6 Å². The van der Waals surface area contributed by atoms with Gasteiger partial charge in [-0.1, -0.05) is 48.0 Å². The Bertz CT molecular complexity index is 1210. The Morgan fingerprint density at radius 1 is 1.00 bits per heavy atom. The highest BCUT2D eigenvalue weighted by Gasteiger charge is 2.15. The van der Waals surface area contributed by atoms with Gasteiger partial charge in [0.1, 0.15) is 11.6 Å². The third kappa shape index (κ3) is 6.60. The highest BCUT2D eigenvalue weighted by atomic mass is 35.5. The van der Waals surface area contributed by atoms with Gasteiger partial charge in [-0.15, -0.1) is 0 Å². The molecule has 8 heteroatoms. The first kappa shape index (κ1) is 23.4. The maximum Gasteiger partial charge on any atom is 0.266 e. The summed E-state index contributed by atoms with van der Waals surface area (Å²) in [5.41, 5.74) is 1.55. The minimum absolute atomic E-state index is 0.118. The van der Waals surface area contributed by atoms with Gasteiger partial charge >= 0.3 is 0 Å². The van der Waals surface area contributed by atoms with E-state index in [9.17, 15) is 14.9 Å². The Hall–Kier alpha value is -4.28. The number of para-hydroxylation sites is 2. The van der Waals surface area contributed by atoms with E-state index in [0.29, 0.717) is 16.9 Å². The van der Waals surface area contributed by atoms with E-state index < -0.39 is 5.91 Å². The van der Waals surface area contributed by atoms with E-state index in [1.54, 1.807) is 54.6 Å². The van der Waals surface area contributed by atoms with Crippen molar-refractivity contribution in [2.45, 2.75) is 0 Å². The van der Waals surface area contributed by atoms with Crippen molar-refractivity contribution in [3.8, 4) is 17.6 Å². The van der Waals surface area contributed by atoms with Crippen LogP contribution in [0, 0.1) is 11.3 Å². The number of anilines is 2. The Morgan fingerprint density at radius 3 is 2.18 bits per heavy atom. The average Bonchev–Trinajstić information content (AvgIpc) is 2.82. The summed E-state index contributed by atoms with van der Waals surface area (Å²) >= 11 is 6.34. The second kappa shape index (κ2) is 11.4. The van der Waals surface area contributed by atoms with Gasteiger partial charge in [0.25, 0.3) is 11.8 Å². The molecular formula is C25H20ClN3O4. The van der Waals surface area contributed by atoms with Crippen molar-refractivity contribution in [2.75, 3.05) is 24.4 Å². The molecule has 0 bridgehead atoms. The highest BCUT2D eigenvalue weighted by Crippen LogP contribution is 2.37. The van der Waals surface area contributed by atoms with Gasteiger partial charge in [0.2, 0.25) is 0 Å². The molecule has 0 fully saturated rings. The molecular weight excluding hydrogens is 442 g/mol. The number of ether oxygens (including phenoxy) is 2. The van der Waals surface area contributed by atoms with E-state index in [-0.39, 0.29) is 34.6 Å². The summed E-state index contributed by atoms with van der Waals surface area (Å²) in [5, 5.41) is 15.0. The molecule has 0 saturated heterocycles. The van der Waals surface area contributed by atoms with Gasteiger partial charge in [0.05, 0.1) is 12.1 Å². The van der Waals surface area contributed by atoms with Gasteiger partial charge in [-0.25, -0.2) is 0 Å². The number of hydrogen-bond acceptors (Lipinski definition) is 5. The van der Waals surface area contributed by atoms with Gasteiger partial charge in [-0.05, 0) is 48.0 Å². The summed E-state index contributed by atoms with van der Waals surface area (Å²) in [4.78, 5) is 24.6. The van der Waals surface area contributed by atoms with Crippen LogP contribution in [0.25, 0.3) is 6.08 Å². The molecule has 0 radical (unpaired) electrons. The van der Waals surface area contributed by atoms with Crippen molar-refractivity contribution in [1.82, 2.24) is 0 Å². The maximum absolute atomic E-state index is 12.4. The van der Waals surface area contributed by atoms with Crippen molar-refractivity contribution in [1.29, 1.82) is 5.26 Å². The predicted molar refractivity (Wildman–Crippen MR) is 127 cm³/mol. The molecule has 0 aromatic heterocycles. The molecule has 3 rings (SSSR count). The fraction of sp³-hybridized carbons (Fsp3) is 0.0800. The molecule has 33 heavy (non-hydrogen) atoms.